The Labute approximate surface area is 214 Å². The lowest BCUT2D eigenvalue weighted by Crippen LogP contribution is -2.48. The fourth-order valence-corrected chi connectivity index (χ4v) is 5.47. The summed E-state index contributed by atoms with van der Waals surface area (Å²) in [6.07, 6.45) is 3.86. The van der Waals surface area contributed by atoms with Crippen molar-refractivity contribution >= 4 is 17.8 Å². The summed E-state index contributed by atoms with van der Waals surface area (Å²) in [5.41, 5.74) is 6.49. The van der Waals surface area contributed by atoms with Gasteiger partial charge in [0.1, 0.15) is 0 Å². The van der Waals surface area contributed by atoms with Crippen LogP contribution < -0.4 is 10.3 Å². The zero-order chi connectivity index (χ0) is 25.9. The van der Waals surface area contributed by atoms with E-state index in [4.69, 9.17) is 0 Å². The van der Waals surface area contributed by atoms with Crippen LogP contribution in [0.4, 0.5) is 5.69 Å². The van der Waals surface area contributed by atoms with Crippen LogP contribution in [0.15, 0.2) is 77.9 Å². The average Bonchev–Trinajstić information content (AvgIpc) is 2.87. The Morgan fingerprint density at radius 1 is 1.11 bits per heavy atom. The molecule has 1 aliphatic rings. The smallest absolute Gasteiger partial charge is 0.281 e. The number of hydrogen-bond acceptors (Lipinski definition) is 4. The minimum Gasteiger partial charge on any atom is -0.372 e. The summed E-state index contributed by atoms with van der Waals surface area (Å²) < 4.78 is 0. The number of aliphatic hydroxyl groups is 1. The van der Waals surface area contributed by atoms with Gasteiger partial charge in [-0.1, -0.05) is 74.5 Å². The maximum atomic E-state index is 13.3. The monoisotopic (exact) mass is 483 g/mol. The van der Waals surface area contributed by atoms with Crippen molar-refractivity contribution in [2.75, 3.05) is 11.4 Å². The Bertz CT molecular complexity index is 1200. The number of benzene rings is 3. The summed E-state index contributed by atoms with van der Waals surface area (Å²) in [6, 6.07) is 22.4. The third-order valence-electron chi connectivity index (χ3n) is 7.30. The molecule has 4 rings (SSSR count). The molecule has 188 valence electrons. The van der Waals surface area contributed by atoms with Crippen LogP contribution in [0, 0.1) is 6.92 Å². The van der Waals surface area contributed by atoms with Crippen LogP contribution in [0.1, 0.15) is 74.3 Å². The number of rotatable bonds is 7. The van der Waals surface area contributed by atoms with E-state index in [0.717, 1.165) is 30.5 Å². The summed E-state index contributed by atoms with van der Waals surface area (Å²) in [6.45, 7) is 12.2. The van der Waals surface area contributed by atoms with Gasteiger partial charge >= 0.3 is 0 Å². The number of amides is 1. The molecule has 0 saturated carbocycles. The third kappa shape index (κ3) is 4.80. The number of hydrazone groups is 1. The van der Waals surface area contributed by atoms with Crippen LogP contribution in [0.3, 0.4) is 0 Å². The van der Waals surface area contributed by atoms with Gasteiger partial charge in [-0.15, -0.1) is 0 Å². The zero-order valence-corrected chi connectivity index (χ0v) is 22.0. The molecular weight excluding hydrogens is 446 g/mol. The normalized spacial score (nSPS) is 17.2. The molecule has 0 spiro atoms. The molecule has 0 aliphatic carbocycles. The van der Waals surface area contributed by atoms with E-state index in [1.54, 1.807) is 54.7 Å². The van der Waals surface area contributed by atoms with Crippen LogP contribution >= 0.6 is 0 Å². The molecule has 1 aliphatic heterocycles. The van der Waals surface area contributed by atoms with E-state index in [2.05, 4.69) is 62.2 Å². The van der Waals surface area contributed by atoms with Crippen LogP contribution in [0.5, 0.6) is 0 Å². The van der Waals surface area contributed by atoms with E-state index < -0.39 is 11.5 Å². The fraction of sp³-hybridized carbons (Fsp3) is 0.355. The quantitative estimate of drug-likeness (QED) is 0.326. The van der Waals surface area contributed by atoms with Gasteiger partial charge in [0.2, 0.25) is 0 Å². The van der Waals surface area contributed by atoms with Gasteiger partial charge in [-0.2, -0.15) is 5.10 Å². The Morgan fingerprint density at radius 3 is 2.25 bits per heavy atom. The van der Waals surface area contributed by atoms with Gasteiger partial charge in [0, 0.05) is 17.8 Å². The molecule has 5 nitrogen and oxygen atoms in total. The first-order chi connectivity index (χ1) is 17.2. The molecule has 1 atom stereocenters. The maximum Gasteiger partial charge on any atom is 0.281 e. The molecule has 2 N–H and O–H groups in total. The molecule has 3 aromatic rings. The van der Waals surface area contributed by atoms with Crippen molar-refractivity contribution in [3.8, 4) is 0 Å². The van der Waals surface area contributed by atoms with E-state index in [-0.39, 0.29) is 5.54 Å². The van der Waals surface area contributed by atoms with Crippen LogP contribution in [0.2, 0.25) is 0 Å². The van der Waals surface area contributed by atoms with Crippen molar-refractivity contribution in [1.82, 2.24) is 5.43 Å². The highest BCUT2D eigenvalue weighted by molar-refractivity contribution is 5.91. The fourth-order valence-electron chi connectivity index (χ4n) is 5.47. The Balaban J connectivity index is 1.62. The van der Waals surface area contributed by atoms with Gasteiger partial charge in [-0.25, -0.2) is 5.43 Å². The van der Waals surface area contributed by atoms with E-state index in [9.17, 15) is 9.90 Å². The molecule has 0 saturated heterocycles. The largest absolute Gasteiger partial charge is 0.372 e. The van der Waals surface area contributed by atoms with E-state index >= 15 is 0 Å². The van der Waals surface area contributed by atoms with Gasteiger partial charge in [0.15, 0.2) is 5.60 Å². The summed E-state index contributed by atoms with van der Waals surface area (Å²) in [7, 11) is 0. The second kappa shape index (κ2) is 10.3. The number of hydrogen-bond donors (Lipinski definition) is 2. The van der Waals surface area contributed by atoms with Crippen molar-refractivity contribution in [2.24, 2.45) is 5.10 Å². The van der Waals surface area contributed by atoms with Gasteiger partial charge in [0.05, 0.1) is 6.21 Å². The number of aryl methyl sites for hydroxylation is 1. The lowest BCUT2D eigenvalue weighted by atomic mass is 9.79. The average molecular weight is 484 g/mol. The van der Waals surface area contributed by atoms with Crippen molar-refractivity contribution in [2.45, 2.75) is 64.5 Å². The third-order valence-corrected chi connectivity index (χ3v) is 7.30. The van der Waals surface area contributed by atoms with Gasteiger partial charge < -0.3 is 10.0 Å². The molecule has 1 unspecified atom stereocenters. The molecule has 3 aromatic carbocycles. The molecule has 5 heteroatoms. The number of anilines is 1. The highest BCUT2D eigenvalue weighted by Crippen LogP contribution is 2.44. The predicted octanol–water partition coefficient (Wildman–Crippen LogP) is 5.88. The second-order valence-electron chi connectivity index (χ2n) is 10.5. The van der Waals surface area contributed by atoms with E-state index in [1.165, 1.54) is 11.3 Å². The van der Waals surface area contributed by atoms with Gasteiger partial charge in [0.25, 0.3) is 5.91 Å². The summed E-state index contributed by atoms with van der Waals surface area (Å²) in [4.78, 5) is 15.9. The molecule has 0 fully saturated rings. The maximum absolute atomic E-state index is 13.3. The topological polar surface area (TPSA) is 64.9 Å². The second-order valence-corrected chi connectivity index (χ2v) is 10.5. The summed E-state index contributed by atoms with van der Waals surface area (Å²) >= 11 is 0. The molecule has 0 bridgehead atoms. The Kier molecular flexibility index (Phi) is 7.32. The number of carbonyl (C=O) groups is 1. The molecule has 36 heavy (non-hydrogen) atoms. The molecule has 0 radical (unpaired) electrons. The van der Waals surface area contributed by atoms with E-state index in [0.29, 0.717) is 17.0 Å². The van der Waals surface area contributed by atoms with Crippen molar-refractivity contribution in [3.63, 3.8) is 0 Å². The minimum atomic E-state index is -1.86. The van der Waals surface area contributed by atoms with Crippen LogP contribution in [-0.2, 0) is 10.4 Å². The Hall–Kier alpha value is -3.44. The summed E-state index contributed by atoms with van der Waals surface area (Å²) in [5, 5.41) is 15.9. The highest BCUT2D eigenvalue weighted by Gasteiger charge is 2.40. The van der Waals surface area contributed by atoms with Crippen molar-refractivity contribution in [1.29, 1.82) is 0 Å². The lowest BCUT2D eigenvalue weighted by Gasteiger charge is -2.48. The lowest BCUT2D eigenvalue weighted by molar-refractivity contribution is -0.136. The van der Waals surface area contributed by atoms with E-state index in [1.807, 2.05) is 12.1 Å². The molecule has 1 heterocycles. The van der Waals surface area contributed by atoms with Gasteiger partial charge in [-0.05, 0) is 79.5 Å². The number of nitrogens with one attached hydrogen (secondary N) is 1. The number of fused-ring (bicyclic) bond motifs is 1. The van der Waals surface area contributed by atoms with Crippen molar-refractivity contribution in [3.05, 3.63) is 101 Å². The summed E-state index contributed by atoms with van der Waals surface area (Å²) in [5.74, 6) is -0.178. The minimum absolute atomic E-state index is 0.109. The predicted molar refractivity (Wildman–Crippen MR) is 148 cm³/mol. The first kappa shape index (κ1) is 25.6. The van der Waals surface area contributed by atoms with Crippen LogP contribution in [-0.4, -0.2) is 29.3 Å². The van der Waals surface area contributed by atoms with Crippen LogP contribution in [0.25, 0.3) is 0 Å². The first-order valence-corrected chi connectivity index (χ1v) is 12.8. The number of nitrogens with zero attached hydrogens (tertiary/aromatic N) is 2. The van der Waals surface area contributed by atoms with Gasteiger partial charge in [-0.3, -0.25) is 4.79 Å². The molecular formula is C31H37N3O2. The highest BCUT2D eigenvalue weighted by atomic mass is 16.3. The molecule has 0 aromatic heterocycles. The number of carbonyl (C=O) groups excluding carboxylic acids is 1. The first-order valence-electron chi connectivity index (χ1n) is 12.8. The Morgan fingerprint density at radius 2 is 1.69 bits per heavy atom. The zero-order valence-electron chi connectivity index (χ0n) is 22.0. The molecule has 1 amide bonds. The standard InChI is InChI=1S/C31H37N3O2/c1-6-17-34-28-18-22(2)24(19-27(28)23(3)20-30(34,4)5)21-32-33-29(35)31(36,25-13-9-7-10-14-25)26-15-11-8-12-16-26/h7-16,18-19,21,23,36H,6,17,20H2,1-5H3,(H,33,35)/b32-21-. The SMILES string of the molecule is CCCN1c2cc(C)c(/C=N\NC(=O)C(O)(c3ccccc3)c3ccccc3)cc2C(C)CC1(C)C. The van der Waals surface area contributed by atoms with Crippen molar-refractivity contribution < 1.29 is 9.90 Å².